The molecule has 0 saturated heterocycles. The number of aromatic amines is 1. The largest absolute Gasteiger partial charge is 0.361 e. The Kier molecular flexibility index (Phi) is 2.53. The molecule has 1 N–H and O–H groups in total. The van der Waals surface area contributed by atoms with Gasteiger partial charge in [-0.3, -0.25) is 8.98 Å². The van der Waals surface area contributed by atoms with Gasteiger partial charge in [0.15, 0.2) is 6.29 Å². The number of hydrogen-bond donors (Lipinski definition) is 1. The zero-order chi connectivity index (χ0) is 11.8. The molecule has 0 aliphatic rings. The minimum atomic E-state index is -3.86. The Morgan fingerprint density at radius 3 is 2.75 bits per heavy atom. The molecule has 0 atom stereocenters. The van der Waals surface area contributed by atoms with Gasteiger partial charge in [-0.1, -0.05) is 0 Å². The summed E-state index contributed by atoms with van der Waals surface area (Å²) in [6.45, 7) is 0. The van der Waals surface area contributed by atoms with E-state index in [2.05, 4.69) is 9.17 Å². The SMILES string of the molecule is COS(=O)(=O)c1cc2[nH]ccc2cc1C=O. The van der Waals surface area contributed by atoms with Gasteiger partial charge in [-0.2, -0.15) is 8.42 Å². The lowest BCUT2D eigenvalue weighted by atomic mass is 10.2. The fraction of sp³-hybridized carbons (Fsp3) is 0.100. The molecule has 0 bridgehead atoms. The van der Waals surface area contributed by atoms with Gasteiger partial charge < -0.3 is 4.98 Å². The average molecular weight is 239 g/mol. The van der Waals surface area contributed by atoms with E-state index in [1.54, 1.807) is 12.3 Å². The first kappa shape index (κ1) is 10.8. The van der Waals surface area contributed by atoms with Crippen LogP contribution in [0.1, 0.15) is 10.4 Å². The highest BCUT2D eigenvalue weighted by Gasteiger charge is 2.18. The topological polar surface area (TPSA) is 76.2 Å². The van der Waals surface area contributed by atoms with E-state index in [1.165, 1.54) is 12.1 Å². The van der Waals surface area contributed by atoms with Crippen molar-refractivity contribution in [2.24, 2.45) is 0 Å². The summed E-state index contributed by atoms with van der Waals surface area (Å²) >= 11 is 0. The molecule has 1 aromatic carbocycles. The Morgan fingerprint density at radius 2 is 2.12 bits per heavy atom. The molecule has 84 valence electrons. The van der Waals surface area contributed by atoms with E-state index in [4.69, 9.17) is 0 Å². The zero-order valence-corrected chi connectivity index (χ0v) is 9.24. The Hall–Kier alpha value is -1.66. The van der Waals surface area contributed by atoms with Crippen LogP contribution in [0.5, 0.6) is 0 Å². The molecule has 1 heterocycles. The number of nitrogens with one attached hydrogen (secondary N) is 1. The second-order valence-corrected chi connectivity index (χ2v) is 4.88. The van der Waals surface area contributed by atoms with Gasteiger partial charge in [0.25, 0.3) is 10.1 Å². The van der Waals surface area contributed by atoms with E-state index in [9.17, 15) is 13.2 Å². The van der Waals surface area contributed by atoms with Crippen molar-refractivity contribution in [1.29, 1.82) is 0 Å². The standard InChI is InChI=1S/C10H9NO4S/c1-15-16(13,14)10-5-9-7(2-3-11-9)4-8(10)6-12/h2-6,11H,1H3. The number of H-pyrrole nitrogens is 1. The Bertz CT molecular complexity index is 642. The summed E-state index contributed by atoms with van der Waals surface area (Å²) in [6.07, 6.45) is 2.17. The van der Waals surface area contributed by atoms with Gasteiger partial charge >= 0.3 is 0 Å². The van der Waals surface area contributed by atoms with Gasteiger partial charge in [0.2, 0.25) is 0 Å². The number of aromatic nitrogens is 1. The van der Waals surface area contributed by atoms with Crippen LogP contribution in [0.4, 0.5) is 0 Å². The lowest BCUT2D eigenvalue weighted by Gasteiger charge is -2.04. The third-order valence-electron chi connectivity index (χ3n) is 2.30. The van der Waals surface area contributed by atoms with Gasteiger partial charge in [0.1, 0.15) is 4.90 Å². The van der Waals surface area contributed by atoms with Crippen molar-refractivity contribution in [3.8, 4) is 0 Å². The van der Waals surface area contributed by atoms with Crippen LogP contribution in [-0.4, -0.2) is 26.8 Å². The number of hydrogen-bond acceptors (Lipinski definition) is 4. The van der Waals surface area contributed by atoms with Crippen molar-refractivity contribution in [2.45, 2.75) is 4.90 Å². The molecule has 0 fully saturated rings. The highest BCUT2D eigenvalue weighted by atomic mass is 32.2. The number of rotatable bonds is 3. The van der Waals surface area contributed by atoms with Crippen molar-refractivity contribution < 1.29 is 17.4 Å². The molecule has 1 aromatic heterocycles. The molecule has 0 radical (unpaired) electrons. The summed E-state index contributed by atoms with van der Waals surface area (Å²) in [5.41, 5.74) is 0.732. The number of aldehydes is 1. The maximum Gasteiger partial charge on any atom is 0.297 e. The van der Waals surface area contributed by atoms with Crippen molar-refractivity contribution in [2.75, 3.05) is 7.11 Å². The molecule has 0 spiro atoms. The Balaban J connectivity index is 2.81. The summed E-state index contributed by atoms with van der Waals surface area (Å²) in [7, 11) is -2.80. The van der Waals surface area contributed by atoms with Crippen LogP contribution in [0.15, 0.2) is 29.3 Å². The quantitative estimate of drug-likeness (QED) is 0.647. The summed E-state index contributed by atoms with van der Waals surface area (Å²) < 4.78 is 27.5. The molecule has 2 rings (SSSR count). The van der Waals surface area contributed by atoms with Crippen LogP contribution in [-0.2, 0) is 14.3 Å². The molecule has 2 aromatic rings. The first-order valence-corrected chi connectivity index (χ1v) is 5.86. The van der Waals surface area contributed by atoms with Crippen LogP contribution in [0, 0.1) is 0 Å². The highest BCUT2D eigenvalue weighted by Crippen LogP contribution is 2.22. The number of fused-ring (bicyclic) bond motifs is 1. The Labute approximate surface area is 92.2 Å². The van der Waals surface area contributed by atoms with Gasteiger partial charge in [-0.05, 0) is 18.2 Å². The lowest BCUT2D eigenvalue weighted by molar-refractivity contribution is 0.112. The van der Waals surface area contributed by atoms with E-state index in [1.807, 2.05) is 0 Å². The minimum absolute atomic E-state index is 0.0916. The normalized spacial score (nSPS) is 11.8. The maximum atomic E-state index is 11.6. The Morgan fingerprint density at radius 1 is 1.38 bits per heavy atom. The van der Waals surface area contributed by atoms with Gasteiger partial charge in [0, 0.05) is 22.7 Å². The first-order chi connectivity index (χ1) is 7.58. The monoisotopic (exact) mass is 239 g/mol. The molecular formula is C10H9NO4S. The van der Waals surface area contributed by atoms with Crippen molar-refractivity contribution >= 4 is 27.3 Å². The minimum Gasteiger partial charge on any atom is -0.361 e. The second kappa shape index (κ2) is 3.73. The molecule has 0 amide bonds. The predicted molar refractivity (Wildman–Crippen MR) is 57.9 cm³/mol. The molecule has 6 heteroatoms. The molecule has 16 heavy (non-hydrogen) atoms. The molecule has 5 nitrogen and oxygen atoms in total. The van der Waals surface area contributed by atoms with E-state index in [0.29, 0.717) is 11.8 Å². The van der Waals surface area contributed by atoms with E-state index < -0.39 is 10.1 Å². The molecule has 0 saturated carbocycles. The summed E-state index contributed by atoms with van der Waals surface area (Å²) in [5, 5.41) is 0.775. The molecule has 0 aliphatic heterocycles. The summed E-state index contributed by atoms with van der Waals surface area (Å²) in [5.74, 6) is 0. The van der Waals surface area contributed by atoms with Crippen LogP contribution < -0.4 is 0 Å². The lowest BCUT2D eigenvalue weighted by Crippen LogP contribution is -2.06. The van der Waals surface area contributed by atoms with Crippen LogP contribution in [0.2, 0.25) is 0 Å². The first-order valence-electron chi connectivity index (χ1n) is 4.45. The summed E-state index contributed by atoms with van der Waals surface area (Å²) in [6, 6.07) is 4.65. The number of carbonyl (C=O) groups is 1. The highest BCUT2D eigenvalue weighted by molar-refractivity contribution is 7.86. The van der Waals surface area contributed by atoms with Gasteiger partial charge in [-0.15, -0.1) is 0 Å². The van der Waals surface area contributed by atoms with Crippen molar-refractivity contribution in [3.63, 3.8) is 0 Å². The number of carbonyl (C=O) groups excluding carboxylic acids is 1. The molecular weight excluding hydrogens is 230 g/mol. The third-order valence-corrected chi connectivity index (χ3v) is 3.63. The predicted octanol–water partition coefficient (Wildman–Crippen LogP) is 1.32. The van der Waals surface area contributed by atoms with Crippen LogP contribution in [0.3, 0.4) is 0 Å². The fourth-order valence-electron chi connectivity index (χ4n) is 1.50. The van der Waals surface area contributed by atoms with Gasteiger partial charge in [-0.25, -0.2) is 0 Å². The fourth-order valence-corrected chi connectivity index (χ4v) is 2.33. The second-order valence-electron chi connectivity index (χ2n) is 3.19. The summed E-state index contributed by atoms with van der Waals surface area (Å²) in [4.78, 5) is 13.6. The van der Waals surface area contributed by atoms with Gasteiger partial charge in [0.05, 0.1) is 7.11 Å². The van der Waals surface area contributed by atoms with E-state index in [0.717, 1.165) is 12.5 Å². The van der Waals surface area contributed by atoms with E-state index >= 15 is 0 Å². The van der Waals surface area contributed by atoms with E-state index in [-0.39, 0.29) is 10.5 Å². The smallest absolute Gasteiger partial charge is 0.297 e. The average Bonchev–Trinajstić information content (AvgIpc) is 2.74. The molecule has 0 unspecified atom stereocenters. The maximum absolute atomic E-state index is 11.6. The van der Waals surface area contributed by atoms with Crippen molar-refractivity contribution in [1.82, 2.24) is 4.98 Å². The van der Waals surface area contributed by atoms with Crippen LogP contribution in [0.25, 0.3) is 10.9 Å². The third kappa shape index (κ3) is 1.62. The van der Waals surface area contributed by atoms with Crippen molar-refractivity contribution in [3.05, 3.63) is 30.0 Å². The zero-order valence-electron chi connectivity index (χ0n) is 8.43. The number of benzene rings is 1. The van der Waals surface area contributed by atoms with Crippen LogP contribution >= 0.6 is 0 Å². The molecule has 0 aliphatic carbocycles.